The summed E-state index contributed by atoms with van der Waals surface area (Å²) in [6, 6.07) is 0.494. The molecule has 4 heteroatoms. The van der Waals surface area contributed by atoms with Crippen LogP contribution in [-0.2, 0) is 4.74 Å². The van der Waals surface area contributed by atoms with Crippen LogP contribution in [0.4, 0.5) is 0 Å². The minimum atomic E-state index is -0.426. The van der Waals surface area contributed by atoms with Gasteiger partial charge in [0.15, 0.2) is 0 Å². The van der Waals surface area contributed by atoms with E-state index in [1.54, 1.807) is 0 Å². The molecule has 10 rings (SSSR count). The van der Waals surface area contributed by atoms with E-state index in [1.165, 1.54) is 12.8 Å². The Morgan fingerprint density at radius 2 is 2.08 bits per heavy atom. The fourth-order valence-electron chi connectivity index (χ4n) is 10.6. The van der Waals surface area contributed by atoms with Gasteiger partial charge in [0.05, 0.1) is 18.3 Å². The monoisotopic (exact) mass is 357 g/mol. The van der Waals surface area contributed by atoms with Crippen LogP contribution in [0.25, 0.3) is 0 Å². The minimum absolute atomic E-state index is 0.0577. The summed E-state index contributed by atoms with van der Waals surface area (Å²) in [6.07, 6.45) is 5.49. The van der Waals surface area contributed by atoms with Crippen molar-refractivity contribution in [1.82, 2.24) is 4.90 Å². The maximum Gasteiger partial charge on any atom is 0.116 e. The molecule has 6 saturated carbocycles. The molecule has 4 aliphatic heterocycles. The van der Waals surface area contributed by atoms with E-state index < -0.39 is 6.10 Å². The molecule has 0 radical (unpaired) electrons. The highest BCUT2D eigenvalue weighted by Crippen LogP contribution is 2.86. The molecule has 9 bridgehead atoms. The van der Waals surface area contributed by atoms with Crippen LogP contribution in [0.5, 0.6) is 0 Å². The van der Waals surface area contributed by atoms with Gasteiger partial charge in [-0.2, -0.15) is 0 Å². The number of ether oxygens (including phenoxy) is 1. The number of fused-ring (bicyclic) bond motifs is 3. The molecule has 0 aromatic carbocycles. The third-order valence-electron chi connectivity index (χ3n) is 11.0. The zero-order valence-corrected chi connectivity index (χ0v) is 15.9. The molecule has 6 aliphatic carbocycles. The lowest BCUT2D eigenvalue weighted by molar-refractivity contribution is -0.380. The van der Waals surface area contributed by atoms with Crippen molar-refractivity contribution in [1.29, 1.82) is 0 Å². The van der Waals surface area contributed by atoms with E-state index in [2.05, 4.69) is 25.3 Å². The first-order valence-electron chi connectivity index (χ1n) is 10.9. The molecule has 4 saturated heterocycles. The maximum atomic E-state index is 11.6. The fraction of sp³-hybridized carbons (Fsp3) is 0.909. The van der Waals surface area contributed by atoms with E-state index in [-0.39, 0.29) is 46.5 Å². The van der Waals surface area contributed by atoms with Gasteiger partial charge in [0.2, 0.25) is 0 Å². The van der Waals surface area contributed by atoms with Gasteiger partial charge in [-0.3, -0.25) is 4.90 Å². The molecule has 0 amide bonds. The number of hydrogen-bond acceptors (Lipinski definition) is 4. The molecular formula is C22H31NO3. The van der Waals surface area contributed by atoms with Crippen LogP contribution in [0.15, 0.2) is 12.2 Å². The Labute approximate surface area is 155 Å². The van der Waals surface area contributed by atoms with Gasteiger partial charge in [0.25, 0.3) is 0 Å². The summed E-state index contributed by atoms with van der Waals surface area (Å²) in [6.45, 7) is 10.0. The van der Waals surface area contributed by atoms with Crippen molar-refractivity contribution < 1.29 is 14.9 Å². The van der Waals surface area contributed by atoms with Crippen LogP contribution in [0.2, 0.25) is 0 Å². The van der Waals surface area contributed by atoms with Crippen LogP contribution in [-0.4, -0.2) is 52.2 Å². The van der Waals surface area contributed by atoms with Gasteiger partial charge in [-0.1, -0.05) is 20.4 Å². The highest BCUT2D eigenvalue weighted by Gasteiger charge is 2.89. The average molecular weight is 357 g/mol. The number of piperidine rings is 1. The van der Waals surface area contributed by atoms with E-state index in [0.717, 1.165) is 31.4 Å². The average Bonchev–Trinajstić information content (AvgIpc) is 3.09. The van der Waals surface area contributed by atoms with Gasteiger partial charge in [-0.05, 0) is 56.1 Å². The van der Waals surface area contributed by atoms with Gasteiger partial charge in [-0.15, -0.1) is 0 Å². The highest BCUT2D eigenvalue weighted by molar-refractivity contribution is 5.41. The van der Waals surface area contributed by atoms with Gasteiger partial charge < -0.3 is 14.9 Å². The Hall–Kier alpha value is -0.420. The van der Waals surface area contributed by atoms with Crippen molar-refractivity contribution in [3.8, 4) is 0 Å². The SMILES string of the molecule is C=C1[C@H]2CC[C@@]3(C4C[C@H]5[C@]6(C4N(CC)C4O[C@H]6CC[C@@]45C)[C@@H]3[C@H]2O)[C@@H]1O. The lowest BCUT2D eigenvalue weighted by atomic mass is 9.37. The van der Waals surface area contributed by atoms with E-state index >= 15 is 0 Å². The summed E-state index contributed by atoms with van der Waals surface area (Å²) in [7, 11) is 0. The lowest BCUT2D eigenvalue weighted by Crippen LogP contribution is -2.80. The molecule has 0 aromatic rings. The van der Waals surface area contributed by atoms with Gasteiger partial charge in [-0.25, -0.2) is 0 Å². The second-order valence-corrected chi connectivity index (χ2v) is 10.9. The van der Waals surface area contributed by atoms with Gasteiger partial charge in [0, 0.05) is 34.1 Å². The molecule has 2 N–H and O–H groups in total. The van der Waals surface area contributed by atoms with Gasteiger partial charge >= 0.3 is 0 Å². The van der Waals surface area contributed by atoms with Crippen molar-refractivity contribution in [2.75, 3.05) is 6.54 Å². The number of nitrogens with zero attached hydrogens (tertiary/aromatic N) is 1. The molecule has 12 atom stereocenters. The summed E-state index contributed by atoms with van der Waals surface area (Å²) in [5.41, 5.74) is 1.05. The largest absolute Gasteiger partial charge is 0.392 e. The van der Waals surface area contributed by atoms with Crippen molar-refractivity contribution in [2.45, 2.75) is 76.5 Å². The van der Waals surface area contributed by atoms with Gasteiger partial charge in [0.1, 0.15) is 6.23 Å². The highest BCUT2D eigenvalue weighted by atomic mass is 16.5. The number of hydrogen-bond donors (Lipinski definition) is 2. The smallest absolute Gasteiger partial charge is 0.116 e. The molecule has 10 aliphatic rings. The van der Waals surface area contributed by atoms with E-state index in [9.17, 15) is 10.2 Å². The normalized spacial score (nSPS) is 69.5. The lowest BCUT2D eigenvalue weighted by Gasteiger charge is -2.75. The molecule has 4 heterocycles. The third-order valence-corrected chi connectivity index (χ3v) is 11.0. The van der Waals surface area contributed by atoms with Crippen LogP contribution in [0, 0.1) is 39.9 Å². The third kappa shape index (κ3) is 1.12. The number of rotatable bonds is 1. The quantitative estimate of drug-likeness (QED) is 0.706. The summed E-state index contributed by atoms with van der Waals surface area (Å²) in [4.78, 5) is 2.66. The Morgan fingerprint density at radius 1 is 1.27 bits per heavy atom. The molecular weight excluding hydrogens is 326 g/mol. The molecule has 2 spiro atoms. The van der Waals surface area contributed by atoms with Crippen LogP contribution >= 0.6 is 0 Å². The Morgan fingerprint density at radius 3 is 2.85 bits per heavy atom. The Balaban J connectivity index is 1.53. The van der Waals surface area contributed by atoms with Crippen molar-refractivity contribution >= 4 is 0 Å². The molecule has 142 valence electrons. The van der Waals surface area contributed by atoms with E-state index in [1.807, 2.05) is 0 Å². The first kappa shape index (κ1) is 15.5. The van der Waals surface area contributed by atoms with Crippen LogP contribution in [0.3, 0.4) is 0 Å². The molecule has 3 unspecified atom stereocenters. The summed E-state index contributed by atoms with van der Waals surface area (Å²) < 4.78 is 6.77. The standard InChI is InChI=1S/C22H31NO3/c1-4-23-17-12-9-13-20(3)7-6-14(26-19(20)23)22(13,17)16-15(24)11-5-8-21(12,16)18(25)10(11)2/h11-19,24-25H,2,4-9H2,1,3H3/t11-,12?,13-,14+,15+,16-,17?,18-,19?,20-,21+,22-/m1/s1. The molecule has 26 heavy (non-hydrogen) atoms. The maximum absolute atomic E-state index is 11.6. The second-order valence-electron chi connectivity index (χ2n) is 10.9. The Kier molecular flexibility index (Phi) is 2.46. The zero-order chi connectivity index (χ0) is 17.8. The molecule has 10 fully saturated rings. The topological polar surface area (TPSA) is 52.9 Å². The predicted octanol–water partition coefficient (Wildman–Crippen LogP) is 2.16. The predicted molar refractivity (Wildman–Crippen MR) is 96.0 cm³/mol. The van der Waals surface area contributed by atoms with Crippen molar-refractivity contribution in [3.05, 3.63) is 12.2 Å². The Bertz CT molecular complexity index is 739. The van der Waals surface area contributed by atoms with E-state index in [0.29, 0.717) is 17.9 Å². The van der Waals surface area contributed by atoms with Crippen LogP contribution < -0.4 is 0 Å². The summed E-state index contributed by atoms with van der Waals surface area (Å²) in [5.74, 6) is 1.44. The van der Waals surface area contributed by atoms with Crippen molar-refractivity contribution in [3.63, 3.8) is 0 Å². The number of aliphatic hydroxyl groups excluding tert-OH is 2. The fourth-order valence-corrected chi connectivity index (χ4v) is 10.6. The zero-order valence-electron chi connectivity index (χ0n) is 15.9. The summed E-state index contributed by atoms with van der Waals surface area (Å²) >= 11 is 0. The number of aliphatic hydroxyl groups is 2. The molecule has 0 aromatic heterocycles. The first-order chi connectivity index (χ1) is 12.4. The van der Waals surface area contributed by atoms with Crippen LogP contribution in [0.1, 0.15) is 46.0 Å². The second kappa shape index (κ2) is 4.12. The van der Waals surface area contributed by atoms with E-state index in [4.69, 9.17) is 4.74 Å². The summed E-state index contributed by atoms with van der Waals surface area (Å²) in [5, 5.41) is 23.0. The first-order valence-corrected chi connectivity index (χ1v) is 10.9. The molecule has 4 nitrogen and oxygen atoms in total. The van der Waals surface area contributed by atoms with Crippen molar-refractivity contribution in [2.24, 2.45) is 39.9 Å². The minimum Gasteiger partial charge on any atom is -0.392 e.